The van der Waals surface area contributed by atoms with Crippen LogP contribution in [-0.2, 0) is 0 Å². The number of nitrogens with zero attached hydrogens (tertiary/aromatic N) is 1. The maximum atomic E-state index is 8.66. The number of benzene rings is 4. The van der Waals surface area contributed by atoms with E-state index >= 15 is 0 Å². The second-order valence-electron chi connectivity index (χ2n) is 7.21. The lowest BCUT2D eigenvalue weighted by atomic mass is 10.0. The standard InChI is InChI=1S/C25H21N3O/c1-28(19-14-18-6-3-4-8-20(18)23(15-19)29-2)25(26)27-22-13-12-17-11-10-16-7-5-9-21(22)24(16)17/h3-15H,1-2H3,(H2,26,27). The molecule has 0 aromatic heterocycles. The molecule has 0 radical (unpaired) electrons. The molecule has 0 saturated carbocycles. The lowest BCUT2D eigenvalue weighted by molar-refractivity contribution is 0.420. The highest BCUT2D eigenvalue weighted by molar-refractivity contribution is 6.14. The van der Waals surface area contributed by atoms with Crippen LogP contribution in [0.1, 0.15) is 11.1 Å². The normalized spacial score (nSPS) is 11.8. The van der Waals surface area contributed by atoms with E-state index in [2.05, 4.69) is 53.9 Å². The van der Waals surface area contributed by atoms with Crippen LogP contribution in [0.2, 0.25) is 0 Å². The summed E-state index contributed by atoms with van der Waals surface area (Å²) in [6.07, 6.45) is 4.28. The molecule has 0 amide bonds. The molecule has 0 fully saturated rings. The van der Waals surface area contributed by atoms with Gasteiger partial charge in [-0.05, 0) is 34.0 Å². The Labute approximate surface area is 169 Å². The highest BCUT2D eigenvalue weighted by Gasteiger charge is 2.15. The third kappa shape index (κ3) is 2.81. The molecule has 142 valence electrons. The predicted molar refractivity (Wildman–Crippen MR) is 123 cm³/mol. The van der Waals surface area contributed by atoms with Crippen LogP contribution in [0.5, 0.6) is 5.75 Å². The zero-order valence-corrected chi connectivity index (χ0v) is 16.4. The molecular weight excluding hydrogens is 358 g/mol. The van der Waals surface area contributed by atoms with Gasteiger partial charge in [-0.2, -0.15) is 0 Å². The summed E-state index contributed by atoms with van der Waals surface area (Å²) < 4.78 is 5.58. The van der Waals surface area contributed by atoms with Gasteiger partial charge in [0.15, 0.2) is 5.96 Å². The number of methoxy groups -OCH3 is 1. The van der Waals surface area contributed by atoms with Crippen molar-refractivity contribution in [2.24, 2.45) is 0 Å². The third-order valence-corrected chi connectivity index (χ3v) is 5.55. The van der Waals surface area contributed by atoms with E-state index in [1.807, 2.05) is 42.3 Å². The van der Waals surface area contributed by atoms with Crippen LogP contribution < -0.4 is 15.0 Å². The topological polar surface area (TPSA) is 48.4 Å². The molecule has 4 nitrogen and oxygen atoms in total. The molecule has 4 heteroatoms. The van der Waals surface area contributed by atoms with E-state index in [1.165, 1.54) is 16.5 Å². The molecule has 4 aromatic carbocycles. The highest BCUT2D eigenvalue weighted by Crippen LogP contribution is 2.36. The van der Waals surface area contributed by atoms with Crippen molar-refractivity contribution in [1.82, 2.24) is 0 Å². The lowest BCUT2D eigenvalue weighted by Gasteiger charge is -2.23. The average molecular weight is 379 g/mol. The molecule has 0 atom stereocenters. The van der Waals surface area contributed by atoms with E-state index in [-0.39, 0.29) is 0 Å². The van der Waals surface area contributed by atoms with E-state index < -0.39 is 0 Å². The molecule has 0 aliphatic heterocycles. The molecule has 4 aromatic rings. The summed E-state index contributed by atoms with van der Waals surface area (Å²) in [5.41, 5.74) is 4.27. The minimum atomic E-state index is 0.300. The Bertz CT molecular complexity index is 1290. The molecule has 0 bridgehead atoms. The molecule has 0 saturated heterocycles. The minimum Gasteiger partial charge on any atom is -0.496 e. The SMILES string of the molecule is COc1cc(N(C)C(=N)Nc2ccc3c4c(cccc24)C=C3)cc2ccccc12. The molecule has 2 N–H and O–H groups in total. The number of anilines is 2. The zero-order valence-electron chi connectivity index (χ0n) is 16.4. The predicted octanol–water partition coefficient (Wildman–Crippen LogP) is 5.97. The van der Waals surface area contributed by atoms with Crippen LogP contribution >= 0.6 is 0 Å². The fourth-order valence-corrected chi connectivity index (χ4v) is 3.99. The maximum absolute atomic E-state index is 8.66. The van der Waals surface area contributed by atoms with Crippen LogP contribution in [0.25, 0.3) is 33.7 Å². The largest absolute Gasteiger partial charge is 0.496 e. The van der Waals surface area contributed by atoms with Gasteiger partial charge >= 0.3 is 0 Å². The molecule has 0 spiro atoms. The monoisotopic (exact) mass is 379 g/mol. The Kier molecular flexibility index (Phi) is 3.98. The van der Waals surface area contributed by atoms with Crippen molar-refractivity contribution in [3.05, 3.63) is 77.9 Å². The number of nitrogens with one attached hydrogen (secondary N) is 2. The smallest absolute Gasteiger partial charge is 0.199 e. The van der Waals surface area contributed by atoms with Gasteiger partial charge in [-0.1, -0.05) is 60.7 Å². The number of rotatable bonds is 3. The van der Waals surface area contributed by atoms with Crippen molar-refractivity contribution in [3.8, 4) is 5.75 Å². The fraction of sp³-hybridized carbons (Fsp3) is 0.0800. The van der Waals surface area contributed by atoms with Crippen LogP contribution in [0.4, 0.5) is 11.4 Å². The van der Waals surface area contributed by atoms with Gasteiger partial charge < -0.3 is 15.0 Å². The van der Waals surface area contributed by atoms with Gasteiger partial charge in [0.25, 0.3) is 0 Å². The first-order valence-corrected chi connectivity index (χ1v) is 9.55. The van der Waals surface area contributed by atoms with Crippen LogP contribution in [-0.4, -0.2) is 20.1 Å². The van der Waals surface area contributed by atoms with Gasteiger partial charge in [0, 0.05) is 35.3 Å². The van der Waals surface area contributed by atoms with E-state index in [4.69, 9.17) is 10.1 Å². The Morgan fingerprint density at radius 2 is 1.66 bits per heavy atom. The molecular formula is C25H21N3O. The first-order valence-electron chi connectivity index (χ1n) is 9.55. The van der Waals surface area contributed by atoms with E-state index in [1.54, 1.807) is 7.11 Å². The van der Waals surface area contributed by atoms with Crippen molar-refractivity contribution in [2.45, 2.75) is 0 Å². The fourth-order valence-electron chi connectivity index (χ4n) is 3.99. The Balaban J connectivity index is 1.50. The highest BCUT2D eigenvalue weighted by atomic mass is 16.5. The van der Waals surface area contributed by atoms with Crippen LogP contribution in [0.3, 0.4) is 0 Å². The average Bonchev–Trinajstić information content (AvgIpc) is 3.19. The van der Waals surface area contributed by atoms with Crippen molar-refractivity contribution < 1.29 is 4.74 Å². The minimum absolute atomic E-state index is 0.300. The van der Waals surface area contributed by atoms with Crippen LogP contribution in [0.15, 0.2) is 66.7 Å². The molecule has 0 unspecified atom stereocenters. The summed E-state index contributed by atoms with van der Waals surface area (Å²) in [5, 5.41) is 16.5. The maximum Gasteiger partial charge on any atom is 0.199 e. The first-order chi connectivity index (χ1) is 14.2. The van der Waals surface area contributed by atoms with Crippen molar-refractivity contribution >= 4 is 51.0 Å². The second kappa shape index (κ2) is 6.67. The molecule has 5 rings (SSSR count). The third-order valence-electron chi connectivity index (χ3n) is 5.55. The second-order valence-corrected chi connectivity index (χ2v) is 7.21. The number of ether oxygens (including phenoxy) is 1. The van der Waals surface area contributed by atoms with Gasteiger partial charge in [-0.25, -0.2) is 0 Å². The molecule has 1 aliphatic carbocycles. The zero-order chi connectivity index (χ0) is 20.0. The van der Waals surface area contributed by atoms with Crippen LogP contribution in [0, 0.1) is 5.41 Å². The van der Waals surface area contributed by atoms with Gasteiger partial charge in [0.05, 0.1) is 7.11 Å². The Hall–Kier alpha value is -3.79. The molecule has 1 aliphatic rings. The van der Waals surface area contributed by atoms with Gasteiger partial charge in [0.1, 0.15) is 5.75 Å². The van der Waals surface area contributed by atoms with E-state index in [9.17, 15) is 0 Å². The number of hydrogen-bond donors (Lipinski definition) is 2. The summed E-state index contributed by atoms with van der Waals surface area (Å²) in [6.45, 7) is 0. The first kappa shape index (κ1) is 17.3. The number of hydrogen-bond acceptors (Lipinski definition) is 2. The molecule has 29 heavy (non-hydrogen) atoms. The Morgan fingerprint density at radius 3 is 2.48 bits per heavy atom. The van der Waals surface area contributed by atoms with E-state index in [0.29, 0.717) is 5.96 Å². The molecule has 0 heterocycles. The van der Waals surface area contributed by atoms with E-state index in [0.717, 1.165) is 33.3 Å². The summed E-state index contributed by atoms with van der Waals surface area (Å²) in [7, 11) is 3.57. The van der Waals surface area contributed by atoms with Crippen molar-refractivity contribution in [1.29, 1.82) is 5.41 Å². The summed E-state index contributed by atoms with van der Waals surface area (Å²) in [6, 6.07) is 22.6. The summed E-state index contributed by atoms with van der Waals surface area (Å²) in [5.74, 6) is 1.10. The summed E-state index contributed by atoms with van der Waals surface area (Å²) >= 11 is 0. The van der Waals surface area contributed by atoms with Gasteiger partial charge in [0.2, 0.25) is 0 Å². The summed E-state index contributed by atoms with van der Waals surface area (Å²) in [4.78, 5) is 1.83. The number of fused-ring (bicyclic) bond motifs is 1. The lowest BCUT2D eigenvalue weighted by Crippen LogP contribution is -2.32. The Morgan fingerprint density at radius 1 is 0.897 bits per heavy atom. The number of guanidine groups is 1. The van der Waals surface area contributed by atoms with Gasteiger partial charge in [-0.3, -0.25) is 5.41 Å². The van der Waals surface area contributed by atoms with Crippen molar-refractivity contribution in [3.63, 3.8) is 0 Å². The van der Waals surface area contributed by atoms with Crippen molar-refractivity contribution in [2.75, 3.05) is 24.4 Å². The van der Waals surface area contributed by atoms with Gasteiger partial charge in [-0.15, -0.1) is 0 Å². The quantitative estimate of drug-likeness (QED) is 0.300.